The predicted octanol–water partition coefficient (Wildman–Crippen LogP) is 3.64. The molecule has 0 bridgehead atoms. The van der Waals surface area contributed by atoms with Crippen LogP contribution in [-0.2, 0) is 9.59 Å². The van der Waals surface area contributed by atoms with Crippen LogP contribution in [0, 0.1) is 5.82 Å². The van der Waals surface area contributed by atoms with Crippen molar-refractivity contribution in [2.45, 2.75) is 6.04 Å². The fraction of sp³-hybridized carbons (Fsp3) is 0.111. The minimum atomic E-state index is -0.757. The number of likely N-dealkylation sites (N-methyl/N-ethyl adjacent to an activating group) is 1. The molecule has 122 valence electrons. The van der Waals surface area contributed by atoms with Crippen molar-refractivity contribution in [3.8, 4) is 0 Å². The molecular weight excluding hydrogens is 377 g/mol. The Morgan fingerprint density at radius 1 is 1.08 bits per heavy atom. The van der Waals surface area contributed by atoms with Crippen LogP contribution in [-0.4, -0.2) is 28.7 Å². The van der Waals surface area contributed by atoms with E-state index in [-0.39, 0.29) is 11.3 Å². The molecule has 1 atom stereocenters. The number of nitrogens with zero attached hydrogens (tertiary/aromatic N) is 1. The van der Waals surface area contributed by atoms with E-state index in [4.69, 9.17) is 0 Å². The van der Waals surface area contributed by atoms with Crippen LogP contribution in [0.1, 0.15) is 17.2 Å². The summed E-state index contributed by atoms with van der Waals surface area (Å²) in [6.45, 7) is 0. The number of Topliss-reactive ketones (excluding diaryl/α,β-unsaturated/α-hetero) is 1. The lowest BCUT2D eigenvalue weighted by Crippen LogP contribution is -2.24. The van der Waals surface area contributed by atoms with Crippen molar-refractivity contribution >= 4 is 33.4 Å². The van der Waals surface area contributed by atoms with Gasteiger partial charge in [-0.3, -0.25) is 9.59 Å². The van der Waals surface area contributed by atoms with Gasteiger partial charge >= 0.3 is 0 Å². The fourth-order valence-electron chi connectivity index (χ4n) is 2.75. The van der Waals surface area contributed by atoms with E-state index in [1.807, 2.05) is 0 Å². The molecule has 1 aliphatic heterocycles. The van der Waals surface area contributed by atoms with Crippen LogP contribution in [0.4, 0.5) is 4.39 Å². The van der Waals surface area contributed by atoms with E-state index in [0.717, 1.165) is 4.47 Å². The van der Waals surface area contributed by atoms with E-state index < -0.39 is 23.5 Å². The highest BCUT2D eigenvalue weighted by Crippen LogP contribution is 2.38. The summed E-state index contributed by atoms with van der Waals surface area (Å²) in [5, 5.41) is 10.6. The van der Waals surface area contributed by atoms with E-state index in [1.165, 1.54) is 36.2 Å². The maximum absolute atomic E-state index is 13.2. The first-order valence-electron chi connectivity index (χ1n) is 7.16. The third-order valence-electron chi connectivity index (χ3n) is 3.98. The molecule has 1 aliphatic rings. The lowest BCUT2D eigenvalue weighted by molar-refractivity contribution is -0.139. The third-order valence-corrected chi connectivity index (χ3v) is 4.51. The van der Waals surface area contributed by atoms with Crippen molar-refractivity contribution in [1.82, 2.24) is 4.90 Å². The summed E-state index contributed by atoms with van der Waals surface area (Å²) >= 11 is 3.30. The number of likely N-dealkylation sites (tertiary alicyclic amines) is 1. The van der Waals surface area contributed by atoms with Crippen molar-refractivity contribution in [2.75, 3.05) is 7.05 Å². The number of aliphatic hydroxyl groups is 1. The van der Waals surface area contributed by atoms with Crippen molar-refractivity contribution in [3.05, 3.63) is 75.5 Å². The van der Waals surface area contributed by atoms with Crippen molar-refractivity contribution in [2.24, 2.45) is 0 Å². The fourth-order valence-corrected chi connectivity index (χ4v) is 3.01. The maximum atomic E-state index is 13.2. The van der Waals surface area contributed by atoms with Gasteiger partial charge in [0.1, 0.15) is 11.6 Å². The second kappa shape index (κ2) is 6.20. The number of ketones is 1. The molecule has 0 spiro atoms. The Morgan fingerprint density at radius 2 is 1.67 bits per heavy atom. The molecule has 0 aromatic heterocycles. The molecule has 24 heavy (non-hydrogen) atoms. The Morgan fingerprint density at radius 3 is 2.25 bits per heavy atom. The Labute approximate surface area is 146 Å². The molecule has 0 aliphatic carbocycles. The minimum absolute atomic E-state index is 0.00330. The van der Waals surface area contributed by atoms with E-state index in [9.17, 15) is 19.1 Å². The molecular formula is C18H13BrFNO3. The van der Waals surface area contributed by atoms with Gasteiger partial charge in [-0.05, 0) is 29.8 Å². The third kappa shape index (κ3) is 2.73. The second-order valence-corrected chi connectivity index (χ2v) is 6.38. The number of amides is 1. The maximum Gasteiger partial charge on any atom is 0.295 e. The molecule has 1 saturated heterocycles. The summed E-state index contributed by atoms with van der Waals surface area (Å²) in [5.74, 6) is -2.13. The van der Waals surface area contributed by atoms with Gasteiger partial charge in [0, 0.05) is 17.1 Å². The Bertz CT molecular complexity index is 844. The van der Waals surface area contributed by atoms with Crippen LogP contribution in [0.5, 0.6) is 0 Å². The first-order valence-corrected chi connectivity index (χ1v) is 7.95. The number of hydrogen-bond donors (Lipinski definition) is 1. The molecule has 1 heterocycles. The zero-order valence-corrected chi connectivity index (χ0v) is 14.2. The number of benzene rings is 2. The second-order valence-electron chi connectivity index (χ2n) is 5.47. The number of carbonyl (C=O) groups is 2. The van der Waals surface area contributed by atoms with E-state index in [1.54, 1.807) is 24.3 Å². The SMILES string of the molecule is CN1C(=O)C(=O)/C(=C(\O)c2ccc(Br)cc2)[C@H]1c1ccc(F)cc1. The monoisotopic (exact) mass is 389 g/mol. The first-order chi connectivity index (χ1) is 11.4. The molecule has 1 N–H and O–H groups in total. The summed E-state index contributed by atoms with van der Waals surface area (Å²) < 4.78 is 14.0. The average molecular weight is 390 g/mol. The van der Waals surface area contributed by atoms with E-state index >= 15 is 0 Å². The van der Waals surface area contributed by atoms with Crippen molar-refractivity contribution < 1.29 is 19.1 Å². The van der Waals surface area contributed by atoms with Gasteiger partial charge in [-0.1, -0.05) is 40.2 Å². The lowest BCUT2D eigenvalue weighted by atomic mass is 9.95. The summed E-state index contributed by atoms with van der Waals surface area (Å²) in [6, 6.07) is 11.5. The average Bonchev–Trinajstić information content (AvgIpc) is 2.80. The summed E-state index contributed by atoms with van der Waals surface area (Å²) in [5.41, 5.74) is 0.977. The number of aliphatic hydroxyl groups excluding tert-OH is 1. The molecule has 4 nitrogen and oxygen atoms in total. The van der Waals surface area contributed by atoms with Crippen LogP contribution in [0.15, 0.2) is 58.6 Å². The molecule has 3 rings (SSSR count). The summed E-state index contributed by atoms with van der Waals surface area (Å²) in [6.07, 6.45) is 0. The number of halogens is 2. The Kier molecular flexibility index (Phi) is 4.24. The van der Waals surface area contributed by atoms with Gasteiger partial charge < -0.3 is 10.0 Å². The summed E-state index contributed by atoms with van der Waals surface area (Å²) in [7, 11) is 1.48. The standard InChI is InChI=1S/C18H13BrFNO3/c1-21-15(10-4-8-13(20)9-5-10)14(17(23)18(21)24)16(22)11-2-6-12(19)7-3-11/h2-9,15,22H,1H3/b16-14-/t15-/m1/s1. The zero-order valence-electron chi connectivity index (χ0n) is 12.7. The van der Waals surface area contributed by atoms with Gasteiger partial charge in [-0.15, -0.1) is 0 Å². The van der Waals surface area contributed by atoms with Crippen molar-refractivity contribution in [3.63, 3.8) is 0 Å². The molecule has 1 amide bonds. The van der Waals surface area contributed by atoms with Gasteiger partial charge in [-0.25, -0.2) is 4.39 Å². The van der Waals surface area contributed by atoms with Crippen LogP contribution >= 0.6 is 15.9 Å². The van der Waals surface area contributed by atoms with E-state index in [2.05, 4.69) is 15.9 Å². The zero-order chi connectivity index (χ0) is 17.4. The highest BCUT2D eigenvalue weighted by atomic mass is 79.9. The smallest absolute Gasteiger partial charge is 0.295 e. The molecule has 0 unspecified atom stereocenters. The van der Waals surface area contributed by atoms with Crippen LogP contribution in [0.3, 0.4) is 0 Å². The molecule has 2 aromatic rings. The Balaban J connectivity index is 2.16. The topological polar surface area (TPSA) is 57.6 Å². The molecule has 6 heteroatoms. The van der Waals surface area contributed by atoms with Gasteiger partial charge in [0.25, 0.3) is 11.7 Å². The molecule has 2 aromatic carbocycles. The molecule has 0 saturated carbocycles. The number of rotatable bonds is 2. The molecule has 1 fully saturated rings. The highest BCUT2D eigenvalue weighted by Gasteiger charge is 2.44. The van der Waals surface area contributed by atoms with Gasteiger partial charge in [-0.2, -0.15) is 0 Å². The highest BCUT2D eigenvalue weighted by molar-refractivity contribution is 9.10. The Hall–Kier alpha value is -2.47. The van der Waals surface area contributed by atoms with Crippen LogP contribution < -0.4 is 0 Å². The van der Waals surface area contributed by atoms with Crippen molar-refractivity contribution in [1.29, 1.82) is 0 Å². The van der Waals surface area contributed by atoms with Gasteiger partial charge in [0.05, 0.1) is 11.6 Å². The number of hydrogen-bond acceptors (Lipinski definition) is 3. The largest absolute Gasteiger partial charge is 0.507 e. The predicted molar refractivity (Wildman–Crippen MR) is 90.6 cm³/mol. The van der Waals surface area contributed by atoms with E-state index in [0.29, 0.717) is 11.1 Å². The normalized spacial score (nSPS) is 19.8. The van der Waals surface area contributed by atoms with Crippen LogP contribution in [0.2, 0.25) is 0 Å². The first kappa shape index (κ1) is 16.4. The lowest BCUT2D eigenvalue weighted by Gasteiger charge is -2.21. The van der Waals surface area contributed by atoms with Crippen LogP contribution in [0.25, 0.3) is 5.76 Å². The molecule has 0 radical (unpaired) electrons. The summed E-state index contributed by atoms with van der Waals surface area (Å²) in [4.78, 5) is 25.7. The minimum Gasteiger partial charge on any atom is -0.507 e. The quantitative estimate of drug-likeness (QED) is 0.484. The van der Waals surface area contributed by atoms with Gasteiger partial charge in [0.2, 0.25) is 0 Å². The number of carbonyl (C=O) groups excluding carboxylic acids is 2. The van der Waals surface area contributed by atoms with Gasteiger partial charge in [0.15, 0.2) is 0 Å².